The Kier molecular flexibility index (Phi) is 10.9. The Balaban J connectivity index is 0.954. The number of H-pyrrole nitrogens is 1. The van der Waals surface area contributed by atoms with Crippen LogP contribution >= 0.6 is 0 Å². The maximum atomic E-state index is 13.9. The van der Waals surface area contributed by atoms with E-state index < -0.39 is 31.4 Å². The van der Waals surface area contributed by atoms with Crippen LogP contribution in [0.1, 0.15) is 84.0 Å². The van der Waals surface area contributed by atoms with Crippen molar-refractivity contribution >= 4 is 43.9 Å². The second-order valence-corrected chi connectivity index (χ2v) is 17.4. The van der Waals surface area contributed by atoms with Crippen molar-refractivity contribution in [2.45, 2.75) is 73.9 Å². The number of anilines is 1. The third-order valence-corrected chi connectivity index (χ3v) is 13.2. The van der Waals surface area contributed by atoms with Crippen LogP contribution in [-0.4, -0.2) is 79.2 Å². The number of aromatic amines is 1. The van der Waals surface area contributed by atoms with Crippen molar-refractivity contribution in [3.63, 3.8) is 0 Å². The number of nitro benzene ring substituents is 1. The molecular formula is C44H46N6O8S. The van der Waals surface area contributed by atoms with Crippen LogP contribution in [0.2, 0.25) is 0 Å². The lowest BCUT2D eigenvalue weighted by molar-refractivity contribution is -0.384. The minimum atomic E-state index is -4.57. The van der Waals surface area contributed by atoms with Gasteiger partial charge in [0.25, 0.3) is 21.6 Å². The Labute approximate surface area is 342 Å². The Morgan fingerprint density at radius 3 is 2.66 bits per heavy atom. The first-order chi connectivity index (χ1) is 28.7. The van der Waals surface area contributed by atoms with E-state index in [-0.39, 0.29) is 29.6 Å². The molecule has 306 valence electrons. The summed E-state index contributed by atoms with van der Waals surface area (Å²) in [5.74, 6) is 0.253. The van der Waals surface area contributed by atoms with Gasteiger partial charge < -0.3 is 24.5 Å². The molecule has 0 bridgehead atoms. The molecule has 2 aromatic heterocycles. The molecule has 2 saturated heterocycles. The molecule has 3 aromatic carbocycles. The second-order valence-electron chi connectivity index (χ2n) is 15.7. The van der Waals surface area contributed by atoms with Crippen molar-refractivity contribution < 1.29 is 32.3 Å². The quantitative estimate of drug-likeness (QED) is 0.0778. The van der Waals surface area contributed by atoms with Crippen LogP contribution < -0.4 is 14.8 Å². The van der Waals surface area contributed by atoms with Crippen molar-refractivity contribution in [3.05, 3.63) is 124 Å². The lowest BCUT2D eigenvalue weighted by Gasteiger charge is -2.36. The summed E-state index contributed by atoms with van der Waals surface area (Å²) in [6.07, 6.45) is 12.9. The largest absolute Gasteiger partial charge is 0.455 e. The van der Waals surface area contributed by atoms with Gasteiger partial charge in [0.2, 0.25) is 0 Å². The van der Waals surface area contributed by atoms with Crippen LogP contribution in [0.4, 0.5) is 11.4 Å². The van der Waals surface area contributed by atoms with Gasteiger partial charge in [-0.25, -0.2) is 18.1 Å². The second kappa shape index (κ2) is 16.6. The zero-order valence-corrected chi connectivity index (χ0v) is 33.3. The zero-order chi connectivity index (χ0) is 40.5. The number of fused-ring (bicyclic) bond motifs is 1. The first-order valence-corrected chi connectivity index (χ1v) is 21.8. The lowest BCUT2D eigenvalue weighted by Crippen LogP contribution is -2.36. The standard InChI is InChI=1S/C44H46N6O8S/c51-44(48-59(54,55)35-14-16-39(41(24-35)50(52)53)46-26-34-27-56-20-21-57-34)38-15-11-30(23-42(38)58-33-22-31-17-18-45-43(31)47-25-33)28-9-12-32(13-10-28)49-19-3-6-40(49)37-5-2-1-4-36(37)29-7-8-29/h1-2,4-5,9,11,14-18,22-25,29,32,34,40,46H,3,6-8,10,12-13,19-21,26-27H2,(H,45,47)(H,48,51)/t32-,34-,40+/m1/s1. The first kappa shape index (κ1) is 38.9. The summed E-state index contributed by atoms with van der Waals surface area (Å²) >= 11 is 0. The van der Waals surface area contributed by atoms with Crippen molar-refractivity contribution in [2.75, 3.05) is 38.2 Å². The molecule has 0 radical (unpaired) electrons. The zero-order valence-electron chi connectivity index (χ0n) is 32.5. The SMILES string of the molecule is O=C(NS(=O)(=O)c1ccc(NC[C@@H]2COCCO2)c([N+](=O)[O-])c1)c1ccc(C2=CC[C@@H](N3CCC[C@H]3c3ccccc3C3CC3)CC2)cc1Oc1cnc2[nH]ccc2c1. The number of amides is 1. The fourth-order valence-electron chi connectivity index (χ4n) is 8.71. The number of likely N-dealkylation sites (tertiary alicyclic amines) is 1. The summed E-state index contributed by atoms with van der Waals surface area (Å²) in [4.78, 5) is 35.0. The molecule has 3 atom stereocenters. The van der Waals surface area contributed by atoms with E-state index in [0.29, 0.717) is 49.2 Å². The number of carbonyl (C=O) groups excluding carboxylic acids is 1. The number of nitrogens with zero attached hydrogens (tertiary/aromatic N) is 3. The van der Waals surface area contributed by atoms with E-state index in [1.54, 1.807) is 24.4 Å². The molecule has 9 rings (SSSR count). The minimum absolute atomic E-state index is 0.0301. The van der Waals surface area contributed by atoms with Crippen LogP contribution in [-0.2, 0) is 19.5 Å². The van der Waals surface area contributed by atoms with E-state index in [4.69, 9.17) is 14.2 Å². The Bertz CT molecular complexity index is 2530. The third-order valence-electron chi connectivity index (χ3n) is 11.8. The number of hydrogen-bond acceptors (Lipinski definition) is 11. The van der Waals surface area contributed by atoms with Crippen LogP contribution in [0.25, 0.3) is 16.6 Å². The molecule has 5 aromatic rings. The molecular weight excluding hydrogens is 773 g/mol. The van der Waals surface area contributed by atoms with Gasteiger partial charge in [-0.1, -0.05) is 36.4 Å². The van der Waals surface area contributed by atoms with Crippen molar-refractivity contribution in [3.8, 4) is 11.5 Å². The smallest absolute Gasteiger partial charge is 0.293 e. The van der Waals surface area contributed by atoms with E-state index in [1.807, 2.05) is 12.1 Å². The van der Waals surface area contributed by atoms with Gasteiger partial charge in [0.05, 0.1) is 47.5 Å². The molecule has 1 saturated carbocycles. The number of carbonyl (C=O) groups is 1. The summed E-state index contributed by atoms with van der Waals surface area (Å²) in [7, 11) is -4.57. The van der Waals surface area contributed by atoms with Crippen LogP contribution in [0, 0.1) is 10.1 Å². The predicted molar refractivity (Wildman–Crippen MR) is 222 cm³/mol. The van der Waals surface area contributed by atoms with Gasteiger partial charge in [0.1, 0.15) is 22.8 Å². The highest BCUT2D eigenvalue weighted by Gasteiger charge is 2.36. The molecule has 14 nitrogen and oxygen atoms in total. The van der Waals surface area contributed by atoms with E-state index in [0.717, 1.165) is 48.4 Å². The summed E-state index contributed by atoms with van der Waals surface area (Å²) in [5, 5.41) is 15.8. The molecule has 0 unspecified atom stereocenters. The summed E-state index contributed by atoms with van der Waals surface area (Å²) < 4.78 is 46.7. The lowest BCUT2D eigenvalue weighted by atomic mass is 9.88. The van der Waals surface area contributed by atoms with Crippen molar-refractivity contribution in [1.82, 2.24) is 19.6 Å². The van der Waals surface area contributed by atoms with Crippen LogP contribution in [0.5, 0.6) is 11.5 Å². The van der Waals surface area contributed by atoms with Crippen molar-refractivity contribution in [2.24, 2.45) is 0 Å². The maximum Gasteiger partial charge on any atom is 0.293 e. The Morgan fingerprint density at radius 1 is 1.02 bits per heavy atom. The van der Waals surface area contributed by atoms with Crippen LogP contribution in [0.3, 0.4) is 0 Å². The molecule has 15 heteroatoms. The molecule has 4 aliphatic rings. The number of sulfonamides is 1. The molecule has 3 N–H and O–H groups in total. The highest BCUT2D eigenvalue weighted by atomic mass is 32.2. The van der Waals surface area contributed by atoms with Gasteiger partial charge in [0, 0.05) is 36.3 Å². The van der Waals surface area contributed by atoms with E-state index in [2.05, 4.69) is 55.2 Å². The monoisotopic (exact) mass is 818 g/mol. The van der Waals surface area contributed by atoms with E-state index in [1.165, 1.54) is 55.1 Å². The van der Waals surface area contributed by atoms with E-state index >= 15 is 0 Å². The molecule has 1 amide bonds. The third kappa shape index (κ3) is 8.46. The maximum absolute atomic E-state index is 13.9. The molecule has 2 aliphatic heterocycles. The van der Waals surface area contributed by atoms with Gasteiger partial charge in [-0.3, -0.25) is 19.8 Å². The number of ether oxygens (including phenoxy) is 3. The number of aromatic nitrogens is 2. The van der Waals surface area contributed by atoms with Gasteiger partial charge in [-0.2, -0.15) is 0 Å². The highest BCUT2D eigenvalue weighted by Crippen LogP contribution is 2.47. The number of pyridine rings is 1. The highest BCUT2D eigenvalue weighted by molar-refractivity contribution is 7.90. The molecule has 4 heterocycles. The number of nitro groups is 1. The number of hydrogen-bond donors (Lipinski definition) is 3. The molecule has 2 aliphatic carbocycles. The fraction of sp³-hybridized carbons (Fsp3) is 0.364. The number of benzene rings is 3. The topological polar surface area (TPSA) is 178 Å². The predicted octanol–water partition coefficient (Wildman–Crippen LogP) is 7.86. The number of nitrogens with one attached hydrogen (secondary N) is 3. The number of rotatable bonds is 13. The van der Waals surface area contributed by atoms with E-state index in [9.17, 15) is 23.3 Å². The average Bonchev–Trinajstić information content (AvgIpc) is 3.79. The average molecular weight is 819 g/mol. The molecule has 3 fully saturated rings. The molecule has 59 heavy (non-hydrogen) atoms. The Hall–Kier alpha value is -5.61. The van der Waals surface area contributed by atoms with Gasteiger partial charge in [-0.15, -0.1) is 0 Å². The van der Waals surface area contributed by atoms with Gasteiger partial charge in [-0.05, 0) is 116 Å². The Morgan fingerprint density at radius 2 is 1.88 bits per heavy atom. The summed E-state index contributed by atoms with van der Waals surface area (Å²) in [5.41, 5.74) is 5.29. The fourth-order valence-corrected chi connectivity index (χ4v) is 9.70. The summed E-state index contributed by atoms with van der Waals surface area (Å²) in [6.45, 7) is 2.52. The van der Waals surface area contributed by atoms with Gasteiger partial charge in [0.15, 0.2) is 0 Å². The van der Waals surface area contributed by atoms with Crippen molar-refractivity contribution in [1.29, 1.82) is 0 Å². The normalized spacial score (nSPS) is 21.2. The van der Waals surface area contributed by atoms with Gasteiger partial charge >= 0.3 is 0 Å². The van der Waals surface area contributed by atoms with Crippen LogP contribution in [0.15, 0.2) is 96.2 Å². The minimum Gasteiger partial charge on any atom is -0.455 e. The first-order valence-electron chi connectivity index (χ1n) is 20.3. The molecule has 0 spiro atoms. The summed E-state index contributed by atoms with van der Waals surface area (Å²) in [6, 6.07) is 22.1. The number of allylic oxidation sites excluding steroid dienone is 1.